The third kappa shape index (κ3) is 3.70. The van der Waals surface area contributed by atoms with E-state index in [4.69, 9.17) is 5.11 Å². The van der Waals surface area contributed by atoms with Crippen LogP contribution in [0.2, 0.25) is 0 Å². The molecule has 6 heavy (non-hydrogen) atoms. The van der Waals surface area contributed by atoms with Gasteiger partial charge >= 0.3 is 0 Å². The summed E-state index contributed by atoms with van der Waals surface area (Å²) in [6.45, 7) is 4.88. The second kappa shape index (κ2) is 2.91. The predicted molar refractivity (Wildman–Crippen MR) is 25.7 cm³/mol. The molecule has 1 heteroatoms. The summed E-state index contributed by atoms with van der Waals surface area (Å²) in [7, 11) is 0. The number of hydrogen-bond donors (Lipinski definition) is 1. The van der Waals surface area contributed by atoms with Crippen molar-refractivity contribution in [1.29, 1.82) is 0 Å². The van der Waals surface area contributed by atoms with Crippen molar-refractivity contribution in [3.63, 3.8) is 0 Å². The van der Waals surface area contributed by atoms with Crippen molar-refractivity contribution in [2.75, 3.05) is 0 Å². The molecular formula is C5H9O. The fourth-order valence-corrected chi connectivity index (χ4v) is 0.149. The third-order valence-corrected chi connectivity index (χ3v) is 0.408. The van der Waals surface area contributed by atoms with E-state index in [0.717, 1.165) is 12.2 Å². The summed E-state index contributed by atoms with van der Waals surface area (Å²) in [6, 6.07) is 0. The van der Waals surface area contributed by atoms with Gasteiger partial charge in [0, 0.05) is 0 Å². The smallest absolute Gasteiger partial charge is 0.102 e. The van der Waals surface area contributed by atoms with Crippen LogP contribution in [0.15, 0.2) is 11.6 Å². The molecule has 0 rings (SSSR count). The maximum Gasteiger partial charge on any atom is 0.102 e. The van der Waals surface area contributed by atoms with Crippen molar-refractivity contribution in [3.05, 3.63) is 18.3 Å². The Kier molecular flexibility index (Phi) is 2.77. The number of allylic oxidation sites excluding steroid dienone is 1. The van der Waals surface area contributed by atoms with Crippen LogP contribution >= 0.6 is 0 Å². The molecule has 0 aromatic rings. The van der Waals surface area contributed by atoms with Crippen LogP contribution in [0.5, 0.6) is 0 Å². The van der Waals surface area contributed by atoms with Crippen LogP contribution in [0.1, 0.15) is 13.8 Å². The molecule has 1 radical (unpaired) electrons. The van der Waals surface area contributed by atoms with Crippen LogP contribution in [-0.4, -0.2) is 5.11 Å². The van der Waals surface area contributed by atoms with E-state index in [1.165, 1.54) is 0 Å². The molecule has 0 bridgehead atoms. The molecule has 0 aliphatic heterocycles. The van der Waals surface area contributed by atoms with E-state index in [1.54, 1.807) is 6.08 Å². The summed E-state index contributed by atoms with van der Waals surface area (Å²) in [5.74, 6) is 0. The molecule has 0 unspecified atom stereocenters. The molecule has 0 aliphatic carbocycles. The molecule has 1 N–H and O–H groups in total. The van der Waals surface area contributed by atoms with Gasteiger partial charge in [0.05, 0.1) is 0 Å². The minimum absolute atomic E-state index is 1.04. The predicted octanol–water partition coefficient (Wildman–Crippen LogP) is 1.49. The van der Waals surface area contributed by atoms with Gasteiger partial charge in [-0.3, -0.25) is 0 Å². The molecule has 0 aliphatic rings. The van der Waals surface area contributed by atoms with E-state index >= 15 is 0 Å². The number of aliphatic hydroxyl groups is 1. The summed E-state index contributed by atoms with van der Waals surface area (Å²) in [4.78, 5) is 0. The highest BCUT2D eigenvalue weighted by atomic mass is 16.2. The van der Waals surface area contributed by atoms with Crippen molar-refractivity contribution >= 4 is 0 Å². The zero-order valence-corrected chi connectivity index (χ0v) is 4.10. The monoisotopic (exact) mass is 85.1 g/mol. The van der Waals surface area contributed by atoms with Crippen molar-refractivity contribution in [2.24, 2.45) is 0 Å². The fraction of sp³-hybridized carbons (Fsp3) is 0.400. The highest BCUT2D eigenvalue weighted by Gasteiger charge is 1.69. The van der Waals surface area contributed by atoms with Crippen LogP contribution in [0.3, 0.4) is 0 Å². The molecule has 0 aromatic heterocycles. The van der Waals surface area contributed by atoms with Gasteiger partial charge in [-0.1, -0.05) is 11.6 Å². The summed E-state index contributed by atoms with van der Waals surface area (Å²) in [6.07, 6.45) is 1.64. The maximum atomic E-state index is 8.04. The van der Waals surface area contributed by atoms with Gasteiger partial charge in [0.2, 0.25) is 0 Å². The first-order valence-corrected chi connectivity index (χ1v) is 1.88. The van der Waals surface area contributed by atoms with Gasteiger partial charge in [0.1, 0.15) is 6.61 Å². The molecule has 0 aromatic carbocycles. The van der Waals surface area contributed by atoms with Crippen molar-refractivity contribution in [3.8, 4) is 0 Å². The second-order valence-corrected chi connectivity index (χ2v) is 1.39. The van der Waals surface area contributed by atoms with Gasteiger partial charge in [0.25, 0.3) is 0 Å². The lowest BCUT2D eigenvalue weighted by atomic mass is 10.3. The SMILES string of the molecule is CC(C)=C[CH]O. The highest BCUT2D eigenvalue weighted by molar-refractivity contribution is 4.97. The normalized spacial score (nSPS) is 7.83. The van der Waals surface area contributed by atoms with Crippen LogP contribution in [0, 0.1) is 6.61 Å². The Morgan fingerprint density at radius 1 is 1.50 bits per heavy atom. The van der Waals surface area contributed by atoms with Crippen LogP contribution in [0.4, 0.5) is 0 Å². The molecular weight excluding hydrogens is 76.1 g/mol. The fourth-order valence-electron chi connectivity index (χ4n) is 0.149. The van der Waals surface area contributed by atoms with Crippen molar-refractivity contribution in [2.45, 2.75) is 13.8 Å². The molecule has 0 saturated carbocycles. The third-order valence-electron chi connectivity index (χ3n) is 0.408. The van der Waals surface area contributed by atoms with Crippen molar-refractivity contribution in [1.82, 2.24) is 0 Å². The van der Waals surface area contributed by atoms with Gasteiger partial charge < -0.3 is 5.11 Å². The second-order valence-electron chi connectivity index (χ2n) is 1.39. The largest absolute Gasteiger partial charge is 0.386 e. The summed E-state index contributed by atoms with van der Waals surface area (Å²) < 4.78 is 0. The molecule has 0 amide bonds. The Bertz CT molecular complexity index is 51.0. The van der Waals surface area contributed by atoms with E-state index in [0.29, 0.717) is 0 Å². The van der Waals surface area contributed by atoms with Gasteiger partial charge in [-0.15, -0.1) is 0 Å². The number of hydrogen-bond acceptors (Lipinski definition) is 1. The Morgan fingerprint density at radius 2 is 2.00 bits per heavy atom. The van der Waals surface area contributed by atoms with Crippen molar-refractivity contribution < 1.29 is 5.11 Å². The molecule has 35 valence electrons. The minimum atomic E-state index is 1.04. The van der Waals surface area contributed by atoms with Gasteiger partial charge in [-0.25, -0.2) is 0 Å². The average Bonchev–Trinajstić information content (AvgIpc) is 1.35. The molecule has 1 nitrogen and oxygen atoms in total. The standard InChI is InChI=1S/C5H9O/c1-5(2)3-4-6/h3-4,6H,1-2H3. The zero-order chi connectivity index (χ0) is 4.99. The van der Waals surface area contributed by atoms with E-state index in [2.05, 4.69) is 0 Å². The number of rotatable bonds is 1. The Labute approximate surface area is 38.3 Å². The first-order valence-electron chi connectivity index (χ1n) is 1.88. The zero-order valence-electron chi connectivity index (χ0n) is 4.10. The minimum Gasteiger partial charge on any atom is -0.386 e. The quantitative estimate of drug-likeness (QED) is 0.511. The van der Waals surface area contributed by atoms with E-state index in [9.17, 15) is 0 Å². The summed E-state index contributed by atoms with van der Waals surface area (Å²) in [5.41, 5.74) is 1.11. The molecule has 0 saturated heterocycles. The average molecular weight is 85.1 g/mol. The van der Waals surface area contributed by atoms with Crippen LogP contribution < -0.4 is 0 Å². The van der Waals surface area contributed by atoms with Gasteiger partial charge in [-0.05, 0) is 13.8 Å². The van der Waals surface area contributed by atoms with E-state index < -0.39 is 0 Å². The highest BCUT2D eigenvalue weighted by Crippen LogP contribution is 1.86. The molecule has 0 heterocycles. The summed E-state index contributed by atoms with van der Waals surface area (Å²) >= 11 is 0. The summed E-state index contributed by atoms with van der Waals surface area (Å²) in [5, 5.41) is 8.04. The van der Waals surface area contributed by atoms with Crippen LogP contribution in [-0.2, 0) is 0 Å². The molecule has 0 fully saturated rings. The Balaban J connectivity index is 3.14. The lowest BCUT2D eigenvalue weighted by molar-refractivity contribution is 0.420. The Morgan fingerprint density at radius 3 is 2.00 bits per heavy atom. The maximum absolute atomic E-state index is 8.04. The Hall–Kier alpha value is -0.300. The van der Waals surface area contributed by atoms with E-state index in [1.807, 2.05) is 13.8 Å². The van der Waals surface area contributed by atoms with E-state index in [-0.39, 0.29) is 0 Å². The van der Waals surface area contributed by atoms with Crippen LogP contribution in [0.25, 0.3) is 0 Å². The first-order chi connectivity index (χ1) is 2.77. The number of aliphatic hydroxyl groups excluding tert-OH is 1. The van der Waals surface area contributed by atoms with Gasteiger partial charge in [0.15, 0.2) is 0 Å². The lowest BCUT2D eigenvalue weighted by Gasteiger charge is -1.79. The molecule has 0 spiro atoms. The topological polar surface area (TPSA) is 20.2 Å². The first kappa shape index (κ1) is 5.70. The molecule has 0 atom stereocenters. The van der Waals surface area contributed by atoms with Gasteiger partial charge in [-0.2, -0.15) is 0 Å². The lowest BCUT2D eigenvalue weighted by Crippen LogP contribution is -1.63.